The van der Waals surface area contributed by atoms with Crippen molar-refractivity contribution in [3.8, 4) is 11.3 Å². The molecule has 1 aliphatic carbocycles. The molecule has 0 unspecified atom stereocenters. The van der Waals surface area contributed by atoms with Crippen molar-refractivity contribution in [2.75, 3.05) is 0 Å². The van der Waals surface area contributed by atoms with E-state index in [9.17, 15) is 0 Å². The normalized spacial score (nSPS) is 18.4. The minimum atomic E-state index is 0.167. The molecule has 0 spiro atoms. The van der Waals surface area contributed by atoms with Crippen LogP contribution in [0.5, 0.6) is 0 Å². The van der Waals surface area contributed by atoms with Crippen LogP contribution < -0.4 is 0 Å². The van der Waals surface area contributed by atoms with E-state index < -0.39 is 0 Å². The molecule has 1 saturated carbocycles. The van der Waals surface area contributed by atoms with Gasteiger partial charge < -0.3 is 9.55 Å². The molecule has 19 heavy (non-hydrogen) atoms. The lowest BCUT2D eigenvalue weighted by molar-refractivity contribution is 0.218. The van der Waals surface area contributed by atoms with Crippen LogP contribution in [-0.2, 0) is 5.54 Å². The van der Waals surface area contributed by atoms with E-state index in [2.05, 4.69) is 53.0 Å². The summed E-state index contributed by atoms with van der Waals surface area (Å²) < 4.78 is 3.19. The van der Waals surface area contributed by atoms with Gasteiger partial charge in [0, 0.05) is 11.7 Å². The van der Waals surface area contributed by atoms with Crippen molar-refractivity contribution in [1.82, 2.24) is 9.55 Å². The van der Waals surface area contributed by atoms with Gasteiger partial charge in [-0.25, -0.2) is 0 Å². The van der Waals surface area contributed by atoms with E-state index >= 15 is 0 Å². The Labute approximate surface area is 119 Å². The average Bonchev–Trinajstić information content (AvgIpc) is 2.83. The molecule has 0 amide bonds. The number of benzene rings is 1. The van der Waals surface area contributed by atoms with Crippen LogP contribution in [0.3, 0.4) is 0 Å². The lowest BCUT2D eigenvalue weighted by Crippen LogP contribution is -2.33. The van der Waals surface area contributed by atoms with Crippen molar-refractivity contribution in [1.29, 1.82) is 0 Å². The second kappa shape index (κ2) is 4.97. The molecule has 1 aromatic carbocycles. The van der Waals surface area contributed by atoms with Crippen LogP contribution in [0.2, 0.25) is 0 Å². The van der Waals surface area contributed by atoms with Gasteiger partial charge in [-0.3, -0.25) is 0 Å². The van der Waals surface area contributed by atoms with Crippen LogP contribution in [0.25, 0.3) is 11.3 Å². The number of nitrogens with zero attached hydrogens (tertiary/aromatic N) is 1. The van der Waals surface area contributed by atoms with Crippen LogP contribution in [-0.4, -0.2) is 9.55 Å². The number of rotatable bonds is 2. The van der Waals surface area contributed by atoms with Gasteiger partial charge in [-0.2, -0.15) is 0 Å². The first-order chi connectivity index (χ1) is 9.21. The first-order valence-corrected chi connectivity index (χ1v) is 7.48. The molecule has 0 saturated heterocycles. The van der Waals surface area contributed by atoms with Gasteiger partial charge in [0.2, 0.25) is 0 Å². The van der Waals surface area contributed by atoms with E-state index in [1.165, 1.54) is 43.4 Å². The number of hydrogen-bond acceptors (Lipinski definition) is 1. The Balaban J connectivity index is 2.11. The van der Waals surface area contributed by atoms with Gasteiger partial charge in [0.15, 0.2) is 4.77 Å². The first-order valence-electron chi connectivity index (χ1n) is 7.07. The molecule has 1 heterocycles. The lowest BCUT2D eigenvalue weighted by atomic mass is 9.83. The van der Waals surface area contributed by atoms with Crippen LogP contribution in [0.4, 0.5) is 0 Å². The van der Waals surface area contributed by atoms with Gasteiger partial charge >= 0.3 is 0 Å². The second-order valence-corrected chi connectivity index (χ2v) is 6.12. The minimum absolute atomic E-state index is 0.167. The van der Waals surface area contributed by atoms with Gasteiger partial charge in [-0.1, -0.05) is 49.6 Å². The molecule has 1 fully saturated rings. The molecule has 3 rings (SSSR count). The van der Waals surface area contributed by atoms with E-state index in [4.69, 9.17) is 12.2 Å². The predicted octanol–water partition coefficient (Wildman–Crippen LogP) is 4.89. The molecule has 2 aromatic rings. The van der Waals surface area contributed by atoms with Crippen molar-refractivity contribution in [2.45, 2.75) is 44.6 Å². The molecule has 1 aliphatic rings. The van der Waals surface area contributed by atoms with Crippen molar-refractivity contribution in [2.24, 2.45) is 0 Å². The SMILES string of the molecule is CC1(n2c(-c3ccccc3)c[nH]c2=S)CCCCC1. The topological polar surface area (TPSA) is 20.7 Å². The van der Waals surface area contributed by atoms with Gasteiger partial charge in [0.25, 0.3) is 0 Å². The third-order valence-electron chi connectivity index (χ3n) is 4.32. The number of hydrogen-bond donors (Lipinski definition) is 1. The molecule has 3 heteroatoms. The summed E-state index contributed by atoms with van der Waals surface area (Å²) in [5.41, 5.74) is 2.62. The van der Waals surface area contributed by atoms with Gasteiger partial charge in [-0.15, -0.1) is 0 Å². The maximum absolute atomic E-state index is 5.53. The highest BCUT2D eigenvalue weighted by molar-refractivity contribution is 7.71. The predicted molar refractivity (Wildman–Crippen MR) is 81.8 cm³/mol. The van der Waals surface area contributed by atoms with Crippen molar-refractivity contribution in [3.63, 3.8) is 0 Å². The maximum Gasteiger partial charge on any atom is 0.178 e. The Morgan fingerprint density at radius 1 is 1.11 bits per heavy atom. The summed E-state index contributed by atoms with van der Waals surface area (Å²) in [6.45, 7) is 2.35. The third kappa shape index (κ3) is 2.27. The fourth-order valence-electron chi connectivity index (χ4n) is 3.26. The zero-order chi connectivity index (χ0) is 13.3. The lowest BCUT2D eigenvalue weighted by Gasteiger charge is -2.36. The van der Waals surface area contributed by atoms with E-state index in [0.29, 0.717) is 0 Å². The Kier molecular flexibility index (Phi) is 3.31. The number of aromatic amines is 1. The highest BCUT2D eigenvalue weighted by Gasteiger charge is 2.31. The molecule has 0 aliphatic heterocycles. The van der Waals surface area contributed by atoms with Crippen molar-refractivity contribution < 1.29 is 0 Å². The summed E-state index contributed by atoms with van der Waals surface area (Å²) in [6.07, 6.45) is 8.46. The third-order valence-corrected chi connectivity index (χ3v) is 4.62. The Morgan fingerprint density at radius 2 is 1.79 bits per heavy atom. The quantitative estimate of drug-likeness (QED) is 0.772. The Hall–Kier alpha value is -1.35. The van der Waals surface area contributed by atoms with Crippen molar-refractivity contribution in [3.05, 3.63) is 41.3 Å². The van der Waals surface area contributed by atoms with Crippen molar-refractivity contribution >= 4 is 12.2 Å². The summed E-state index contributed by atoms with van der Waals surface area (Å²) in [5, 5.41) is 0. The van der Waals surface area contributed by atoms with Crippen LogP contribution in [0, 0.1) is 4.77 Å². The highest BCUT2D eigenvalue weighted by Crippen LogP contribution is 2.37. The highest BCUT2D eigenvalue weighted by atomic mass is 32.1. The standard InChI is InChI=1S/C16H20N2S/c1-16(10-6-3-7-11-16)18-14(12-17-15(18)19)13-8-4-2-5-9-13/h2,4-5,8-9,12H,3,6-7,10-11H2,1H3,(H,17,19). The van der Waals surface area contributed by atoms with E-state index in [1.54, 1.807) is 0 Å². The summed E-state index contributed by atoms with van der Waals surface area (Å²) in [4.78, 5) is 3.24. The first kappa shape index (κ1) is 12.7. The Bertz CT molecular complexity index is 603. The fourth-order valence-corrected chi connectivity index (χ4v) is 3.64. The zero-order valence-electron chi connectivity index (χ0n) is 11.4. The second-order valence-electron chi connectivity index (χ2n) is 5.74. The van der Waals surface area contributed by atoms with Crippen LogP contribution >= 0.6 is 12.2 Å². The number of H-pyrrole nitrogens is 1. The molecule has 1 aromatic heterocycles. The molecular formula is C16H20N2S. The minimum Gasteiger partial charge on any atom is -0.337 e. The van der Waals surface area contributed by atoms with E-state index in [-0.39, 0.29) is 5.54 Å². The smallest absolute Gasteiger partial charge is 0.178 e. The molecule has 0 atom stereocenters. The van der Waals surface area contributed by atoms with E-state index in [0.717, 1.165) is 4.77 Å². The maximum atomic E-state index is 5.53. The van der Waals surface area contributed by atoms with Gasteiger partial charge in [0.05, 0.1) is 5.69 Å². The monoisotopic (exact) mass is 272 g/mol. The molecule has 100 valence electrons. The summed E-state index contributed by atoms with van der Waals surface area (Å²) in [6, 6.07) is 10.5. The van der Waals surface area contributed by atoms with Gasteiger partial charge in [0.1, 0.15) is 0 Å². The largest absolute Gasteiger partial charge is 0.337 e. The van der Waals surface area contributed by atoms with Gasteiger partial charge in [-0.05, 0) is 37.5 Å². The summed E-state index contributed by atoms with van der Waals surface area (Å²) >= 11 is 5.53. The molecule has 0 bridgehead atoms. The molecule has 2 nitrogen and oxygen atoms in total. The van der Waals surface area contributed by atoms with Crippen LogP contribution in [0.15, 0.2) is 36.5 Å². The fraction of sp³-hybridized carbons (Fsp3) is 0.438. The molecular weight excluding hydrogens is 252 g/mol. The Morgan fingerprint density at radius 3 is 2.47 bits per heavy atom. The zero-order valence-corrected chi connectivity index (χ0v) is 12.2. The number of imidazole rings is 1. The molecule has 0 radical (unpaired) electrons. The average molecular weight is 272 g/mol. The molecule has 1 N–H and O–H groups in total. The van der Waals surface area contributed by atoms with Crippen LogP contribution in [0.1, 0.15) is 39.0 Å². The number of nitrogens with one attached hydrogen (secondary N) is 1. The number of aromatic nitrogens is 2. The summed E-state index contributed by atoms with van der Waals surface area (Å²) in [5.74, 6) is 0. The van der Waals surface area contributed by atoms with E-state index in [1.807, 2.05) is 0 Å². The summed E-state index contributed by atoms with van der Waals surface area (Å²) in [7, 11) is 0.